The van der Waals surface area contributed by atoms with E-state index in [9.17, 15) is 4.79 Å². The number of aromatic amines is 1. The van der Waals surface area contributed by atoms with Gasteiger partial charge in [-0.25, -0.2) is 0 Å². The van der Waals surface area contributed by atoms with Gasteiger partial charge in [0.1, 0.15) is 0 Å². The summed E-state index contributed by atoms with van der Waals surface area (Å²) >= 11 is 6.02. The van der Waals surface area contributed by atoms with E-state index < -0.39 is 0 Å². The summed E-state index contributed by atoms with van der Waals surface area (Å²) in [5.74, 6) is -0.204. The third kappa shape index (κ3) is 2.50. The molecule has 2 aromatic heterocycles. The largest absolute Gasteiger partial charge is 0.358 e. The monoisotopic (exact) mass is 299 g/mol. The van der Waals surface area contributed by atoms with Gasteiger partial charge in [-0.3, -0.25) is 9.78 Å². The number of rotatable bonds is 2. The molecule has 0 saturated carbocycles. The second-order valence-corrected chi connectivity index (χ2v) is 5.35. The molecule has 0 bridgehead atoms. The third-order valence-corrected chi connectivity index (χ3v) is 3.92. The van der Waals surface area contributed by atoms with Crippen LogP contribution in [0.3, 0.4) is 0 Å². The highest BCUT2D eigenvalue weighted by atomic mass is 35.5. The predicted octanol–water partition coefficient (Wildman–Crippen LogP) is 4.09. The van der Waals surface area contributed by atoms with Gasteiger partial charge in [-0.15, -0.1) is 0 Å². The van der Waals surface area contributed by atoms with Crippen molar-refractivity contribution in [1.29, 1.82) is 0 Å². The van der Waals surface area contributed by atoms with Gasteiger partial charge in [0.25, 0.3) is 5.91 Å². The fraction of sp³-hybridized carbons (Fsp3) is 0.125. The van der Waals surface area contributed by atoms with Crippen LogP contribution in [0.2, 0.25) is 5.02 Å². The quantitative estimate of drug-likeness (QED) is 0.749. The number of carbonyl (C=O) groups excluding carboxylic acids is 1. The zero-order chi connectivity index (χ0) is 15.0. The molecule has 2 heterocycles. The summed E-state index contributed by atoms with van der Waals surface area (Å²) in [7, 11) is 0. The molecule has 0 aliphatic rings. The van der Waals surface area contributed by atoms with Gasteiger partial charge in [-0.1, -0.05) is 11.6 Å². The van der Waals surface area contributed by atoms with Gasteiger partial charge in [0.2, 0.25) is 0 Å². The topological polar surface area (TPSA) is 57.8 Å². The number of pyridine rings is 1. The summed E-state index contributed by atoms with van der Waals surface area (Å²) in [6.45, 7) is 4.05. The average molecular weight is 300 g/mol. The second kappa shape index (κ2) is 5.22. The first-order valence-electron chi connectivity index (χ1n) is 6.56. The van der Waals surface area contributed by atoms with Crippen LogP contribution in [0.5, 0.6) is 0 Å². The highest BCUT2D eigenvalue weighted by Gasteiger charge is 2.11. The summed E-state index contributed by atoms with van der Waals surface area (Å²) in [6, 6.07) is 7.22. The van der Waals surface area contributed by atoms with E-state index >= 15 is 0 Å². The normalized spacial score (nSPS) is 10.8. The number of nitrogens with one attached hydrogen (secondary N) is 2. The Bertz CT molecular complexity index is 839. The fourth-order valence-corrected chi connectivity index (χ4v) is 2.42. The maximum absolute atomic E-state index is 12.3. The molecule has 3 aromatic rings. The maximum Gasteiger partial charge on any atom is 0.255 e. The van der Waals surface area contributed by atoms with Gasteiger partial charge in [-0.2, -0.15) is 0 Å². The lowest BCUT2D eigenvalue weighted by atomic mass is 10.1. The van der Waals surface area contributed by atoms with Crippen molar-refractivity contribution in [2.45, 2.75) is 13.8 Å². The summed E-state index contributed by atoms with van der Waals surface area (Å²) in [6.07, 6.45) is 3.11. The molecule has 5 heteroatoms. The Morgan fingerprint density at radius 3 is 2.86 bits per heavy atom. The number of halogens is 1. The highest BCUT2D eigenvalue weighted by Crippen LogP contribution is 2.24. The van der Waals surface area contributed by atoms with Crippen LogP contribution in [-0.2, 0) is 0 Å². The summed E-state index contributed by atoms with van der Waals surface area (Å²) < 4.78 is 0. The minimum absolute atomic E-state index is 0.204. The van der Waals surface area contributed by atoms with Crippen LogP contribution in [0.25, 0.3) is 10.9 Å². The number of H-pyrrole nitrogens is 1. The molecule has 0 saturated heterocycles. The van der Waals surface area contributed by atoms with Gasteiger partial charge in [0.15, 0.2) is 0 Å². The zero-order valence-corrected chi connectivity index (χ0v) is 12.5. The van der Waals surface area contributed by atoms with Gasteiger partial charge < -0.3 is 10.3 Å². The number of anilines is 1. The molecule has 0 aliphatic carbocycles. The lowest BCUT2D eigenvalue weighted by Gasteiger charge is -2.06. The Labute approximate surface area is 127 Å². The summed E-state index contributed by atoms with van der Waals surface area (Å²) in [4.78, 5) is 19.6. The van der Waals surface area contributed by atoms with Crippen molar-refractivity contribution in [2.24, 2.45) is 0 Å². The molecule has 0 spiro atoms. The van der Waals surface area contributed by atoms with E-state index in [1.54, 1.807) is 18.3 Å². The highest BCUT2D eigenvalue weighted by molar-refractivity contribution is 6.33. The maximum atomic E-state index is 12.3. The summed E-state index contributed by atoms with van der Waals surface area (Å²) in [5, 5.41) is 4.29. The molecule has 4 nitrogen and oxygen atoms in total. The SMILES string of the molecule is Cc1[nH]c2ccc(C(=O)Nc3cnccc3Cl)cc2c1C. The number of benzene rings is 1. The average Bonchev–Trinajstić information content (AvgIpc) is 2.76. The van der Waals surface area contributed by atoms with Gasteiger partial charge >= 0.3 is 0 Å². The number of fused-ring (bicyclic) bond motifs is 1. The van der Waals surface area contributed by atoms with Crippen molar-refractivity contribution in [2.75, 3.05) is 5.32 Å². The number of aromatic nitrogens is 2. The van der Waals surface area contributed by atoms with E-state index in [4.69, 9.17) is 11.6 Å². The Kier molecular flexibility index (Phi) is 3.39. The van der Waals surface area contributed by atoms with Crippen molar-refractivity contribution in [1.82, 2.24) is 9.97 Å². The van der Waals surface area contributed by atoms with Crippen molar-refractivity contribution < 1.29 is 4.79 Å². The predicted molar refractivity (Wildman–Crippen MR) is 85.0 cm³/mol. The van der Waals surface area contributed by atoms with E-state index in [1.807, 2.05) is 26.0 Å². The summed E-state index contributed by atoms with van der Waals surface area (Å²) in [5.41, 5.74) is 4.38. The Balaban J connectivity index is 1.95. The van der Waals surface area contributed by atoms with E-state index in [-0.39, 0.29) is 5.91 Å². The van der Waals surface area contributed by atoms with Crippen LogP contribution in [0.15, 0.2) is 36.7 Å². The van der Waals surface area contributed by atoms with E-state index in [2.05, 4.69) is 15.3 Å². The molecule has 1 amide bonds. The first-order chi connectivity index (χ1) is 10.1. The standard InChI is InChI=1S/C16H14ClN3O/c1-9-10(2)19-14-4-3-11(7-12(9)14)16(21)20-15-8-18-6-5-13(15)17/h3-8,19H,1-2H3,(H,20,21). The first-order valence-corrected chi connectivity index (χ1v) is 6.94. The van der Waals surface area contributed by atoms with Crippen LogP contribution < -0.4 is 5.32 Å². The third-order valence-electron chi connectivity index (χ3n) is 3.59. The van der Waals surface area contributed by atoms with Crippen LogP contribution in [0, 0.1) is 13.8 Å². The number of aryl methyl sites for hydroxylation is 2. The van der Waals surface area contributed by atoms with Crippen LogP contribution in [0.4, 0.5) is 5.69 Å². The molecule has 0 aliphatic heterocycles. The van der Waals surface area contributed by atoms with E-state index in [0.717, 1.165) is 22.2 Å². The molecular formula is C16H14ClN3O. The van der Waals surface area contributed by atoms with Gasteiger partial charge in [0.05, 0.1) is 16.9 Å². The minimum Gasteiger partial charge on any atom is -0.358 e. The van der Waals surface area contributed by atoms with Gasteiger partial charge in [-0.05, 0) is 43.7 Å². The smallest absolute Gasteiger partial charge is 0.255 e. The van der Waals surface area contributed by atoms with Crippen molar-refractivity contribution >= 4 is 34.1 Å². The van der Waals surface area contributed by atoms with Gasteiger partial charge in [0, 0.05) is 28.4 Å². The fourth-order valence-electron chi connectivity index (χ4n) is 2.27. The second-order valence-electron chi connectivity index (χ2n) is 4.95. The lowest BCUT2D eigenvalue weighted by Crippen LogP contribution is -2.12. The number of carbonyl (C=O) groups is 1. The molecule has 1 aromatic carbocycles. The van der Waals surface area contributed by atoms with E-state index in [0.29, 0.717) is 16.3 Å². The molecular weight excluding hydrogens is 286 g/mol. The van der Waals surface area contributed by atoms with Crippen LogP contribution >= 0.6 is 11.6 Å². The minimum atomic E-state index is -0.204. The number of hydrogen-bond acceptors (Lipinski definition) is 2. The molecule has 0 atom stereocenters. The van der Waals surface area contributed by atoms with Crippen LogP contribution in [0.1, 0.15) is 21.6 Å². The number of amides is 1. The molecule has 21 heavy (non-hydrogen) atoms. The molecule has 2 N–H and O–H groups in total. The first kappa shape index (κ1) is 13.6. The lowest BCUT2D eigenvalue weighted by molar-refractivity contribution is 0.102. The Morgan fingerprint density at radius 2 is 2.10 bits per heavy atom. The Morgan fingerprint density at radius 1 is 1.29 bits per heavy atom. The van der Waals surface area contributed by atoms with E-state index in [1.165, 1.54) is 6.20 Å². The molecule has 0 fully saturated rings. The zero-order valence-electron chi connectivity index (χ0n) is 11.7. The van der Waals surface area contributed by atoms with Crippen molar-refractivity contribution in [3.63, 3.8) is 0 Å². The molecule has 3 rings (SSSR count). The molecule has 0 unspecified atom stereocenters. The number of nitrogens with zero attached hydrogens (tertiary/aromatic N) is 1. The van der Waals surface area contributed by atoms with Crippen molar-refractivity contribution in [3.05, 3.63) is 58.5 Å². The molecule has 106 valence electrons. The number of hydrogen-bond donors (Lipinski definition) is 2. The van der Waals surface area contributed by atoms with Crippen LogP contribution in [-0.4, -0.2) is 15.9 Å². The molecule has 0 radical (unpaired) electrons. The van der Waals surface area contributed by atoms with Crippen molar-refractivity contribution in [3.8, 4) is 0 Å². The Hall–Kier alpha value is -2.33.